The predicted octanol–water partition coefficient (Wildman–Crippen LogP) is 2.15. The SMILES string of the molecule is O=C(CC(=O)C(F)(F)Cl)C1CCC1. The highest BCUT2D eigenvalue weighted by Crippen LogP contribution is 2.30. The molecule has 13 heavy (non-hydrogen) atoms. The van der Waals surface area contributed by atoms with E-state index in [2.05, 4.69) is 11.6 Å². The lowest BCUT2D eigenvalue weighted by Crippen LogP contribution is -2.29. The van der Waals surface area contributed by atoms with Crippen LogP contribution in [-0.4, -0.2) is 16.9 Å². The van der Waals surface area contributed by atoms with Crippen molar-refractivity contribution in [3.63, 3.8) is 0 Å². The summed E-state index contributed by atoms with van der Waals surface area (Å²) in [6.45, 7) is 0. The van der Waals surface area contributed by atoms with Gasteiger partial charge >= 0.3 is 5.38 Å². The average Bonchev–Trinajstić information content (AvgIpc) is 1.79. The highest BCUT2D eigenvalue weighted by atomic mass is 35.5. The van der Waals surface area contributed by atoms with E-state index in [0.717, 1.165) is 6.42 Å². The maximum absolute atomic E-state index is 12.1. The van der Waals surface area contributed by atoms with Gasteiger partial charge in [0.15, 0.2) is 0 Å². The predicted molar refractivity (Wildman–Crippen MR) is 42.8 cm³/mol. The van der Waals surface area contributed by atoms with Crippen LogP contribution in [0.25, 0.3) is 0 Å². The van der Waals surface area contributed by atoms with Gasteiger partial charge < -0.3 is 0 Å². The fourth-order valence-corrected chi connectivity index (χ4v) is 1.20. The minimum atomic E-state index is -3.89. The first-order valence-electron chi connectivity index (χ1n) is 4.04. The third-order valence-corrected chi connectivity index (χ3v) is 2.42. The lowest BCUT2D eigenvalue weighted by Gasteiger charge is -2.23. The van der Waals surface area contributed by atoms with Crippen molar-refractivity contribution in [3.05, 3.63) is 0 Å². The van der Waals surface area contributed by atoms with Crippen LogP contribution < -0.4 is 0 Å². The molecule has 0 aromatic heterocycles. The van der Waals surface area contributed by atoms with Crippen LogP contribution in [0.2, 0.25) is 0 Å². The molecule has 0 unspecified atom stereocenters. The summed E-state index contributed by atoms with van der Waals surface area (Å²) in [6, 6.07) is 0. The van der Waals surface area contributed by atoms with Crippen molar-refractivity contribution in [1.29, 1.82) is 0 Å². The zero-order valence-corrected chi connectivity index (χ0v) is 7.61. The van der Waals surface area contributed by atoms with Crippen LogP contribution in [0.1, 0.15) is 25.7 Å². The monoisotopic (exact) mass is 210 g/mol. The van der Waals surface area contributed by atoms with E-state index in [9.17, 15) is 18.4 Å². The van der Waals surface area contributed by atoms with Gasteiger partial charge in [-0.15, -0.1) is 0 Å². The average molecular weight is 211 g/mol. The van der Waals surface area contributed by atoms with Crippen LogP contribution >= 0.6 is 11.6 Å². The van der Waals surface area contributed by atoms with Crippen molar-refractivity contribution in [1.82, 2.24) is 0 Å². The summed E-state index contributed by atoms with van der Waals surface area (Å²) >= 11 is 4.46. The second kappa shape index (κ2) is 3.70. The molecule has 0 aromatic rings. The van der Waals surface area contributed by atoms with Gasteiger partial charge in [-0.3, -0.25) is 9.59 Å². The van der Waals surface area contributed by atoms with Crippen LogP contribution in [-0.2, 0) is 9.59 Å². The fourth-order valence-electron chi connectivity index (χ4n) is 1.13. The Kier molecular flexibility index (Phi) is 3.01. The normalized spacial score (nSPS) is 18.1. The van der Waals surface area contributed by atoms with Gasteiger partial charge in [0.05, 0.1) is 6.42 Å². The largest absolute Gasteiger partial charge is 0.380 e. The summed E-state index contributed by atoms with van der Waals surface area (Å²) < 4.78 is 24.3. The summed E-state index contributed by atoms with van der Waals surface area (Å²) in [5, 5.41) is -3.89. The number of alkyl halides is 3. The smallest absolute Gasteiger partial charge is 0.299 e. The van der Waals surface area contributed by atoms with Crippen molar-refractivity contribution in [2.75, 3.05) is 0 Å². The first-order valence-corrected chi connectivity index (χ1v) is 4.42. The van der Waals surface area contributed by atoms with Crippen molar-refractivity contribution in [2.24, 2.45) is 5.92 Å². The Morgan fingerprint density at radius 2 is 1.92 bits per heavy atom. The molecule has 2 nitrogen and oxygen atoms in total. The molecule has 5 heteroatoms. The number of hydrogen-bond donors (Lipinski definition) is 0. The minimum absolute atomic E-state index is 0.192. The van der Waals surface area contributed by atoms with Gasteiger partial charge in [-0.2, -0.15) is 8.78 Å². The molecule has 0 saturated heterocycles. The summed E-state index contributed by atoms with van der Waals surface area (Å²) in [7, 11) is 0. The van der Waals surface area contributed by atoms with Gasteiger partial charge in [-0.1, -0.05) is 6.42 Å². The van der Waals surface area contributed by atoms with Gasteiger partial charge in [0.2, 0.25) is 5.78 Å². The number of rotatable bonds is 4. The van der Waals surface area contributed by atoms with E-state index >= 15 is 0 Å². The van der Waals surface area contributed by atoms with Gasteiger partial charge in [0.1, 0.15) is 5.78 Å². The third-order valence-electron chi connectivity index (χ3n) is 2.21. The number of hydrogen-bond acceptors (Lipinski definition) is 2. The van der Waals surface area contributed by atoms with Crippen LogP contribution in [0.3, 0.4) is 0 Å². The first kappa shape index (κ1) is 10.6. The van der Waals surface area contributed by atoms with Gasteiger partial charge in [0, 0.05) is 5.92 Å². The molecule has 0 atom stereocenters. The molecular formula is C8H9ClF2O2. The third kappa shape index (κ3) is 2.72. The summed E-state index contributed by atoms with van der Waals surface area (Å²) in [5.74, 6) is -2.09. The summed E-state index contributed by atoms with van der Waals surface area (Å²) in [5.41, 5.74) is 0. The van der Waals surface area contributed by atoms with Gasteiger partial charge in [-0.25, -0.2) is 0 Å². The Morgan fingerprint density at radius 3 is 2.23 bits per heavy atom. The topological polar surface area (TPSA) is 34.1 Å². The van der Waals surface area contributed by atoms with Crippen molar-refractivity contribution >= 4 is 23.2 Å². The standard InChI is InChI=1S/C8H9ClF2O2/c9-8(10,11)7(13)4-6(12)5-2-1-3-5/h5H,1-4H2. The maximum atomic E-state index is 12.1. The van der Waals surface area contributed by atoms with Crippen LogP contribution in [0.15, 0.2) is 0 Å². The molecule has 0 aliphatic heterocycles. The Hall–Kier alpha value is -0.510. The molecule has 1 saturated carbocycles. The molecule has 0 heterocycles. The molecule has 1 rings (SSSR count). The lowest BCUT2D eigenvalue weighted by atomic mass is 9.81. The fraction of sp³-hybridized carbons (Fsp3) is 0.750. The number of carbonyl (C=O) groups is 2. The van der Waals surface area contributed by atoms with E-state index in [1.54, 1.807) is 0 Å². The van der Waals surface area contributed by atoms with Crippen LogP contribution in [0.4, 0.5) is 8.78 Å². The molecule has 0 bridgehead atoms. The Balaban J connectivity index is 2.39. The molecule has 0 aromatic carbocycles. The second-order valence-electron chi connectivity index (χ2n) is 3.19. The van der Waals surface area contributed by atoms with E-state index < -0.39 is 23.4 Å². The summed E-state index contributed by atoms with van der Waals surface area (Å²) in [4.78, 5) is 21.7. The molecule has 0 N–H and O–H groups in total. The maximum Gasteiger partial charge on any atom is 0.380 e. The lowest BCUT2D eigenvalue weighted by molar-refractivity contribution is -0.139. The van der Waals surface area contributed by atoms with Crippen molar-refractivity contribution < 1.29 is 18.4 Å². The number of halogens is 3. The Bertz CT molecular complexity index is 231. The number of Topliss-reactive ketones (excluding diaryl/α,β-unsaturated/α-hetero) is 2. The van der Waals surface area contributed by atoms with Crippen molar-refractivity contribution in [3.8, 4) is 0 Å². The Morgan fingerprint density at radius 1 is 1.38 bits per heavy atom. The zero-order chi connectivity index (χ0) is 10.1. The molecule has 0 amide bonds. The highest BCUT2D eigenvalue weighted by Gasteiger charge is 2.38. The van der Waals surface area contributed by atoms with E-state index in [1.807, 2.05) is 0 Å². The quantitative estimate of drug-likeness (QED) is 0.526. The molecule has 1 aliphatic rings. The molecule has 0 radical (unpaired) electrons. The number of ketones is 2. The zero-order valence-electron chi connectivity index (χ0n) is 6.86. The van der Waals surface area contributed by atoms with Crippen LogP contribution in [0.5, 0.6) is 0 Å². The molecule has 1 aliphatic carbocycles. The van der Waals surface area contributed by atoms with E-state index in [0.29, 0.717) is 12.8 Å². The first-order chi connectivity index (χ1) is 5.91. The number of carbonyl (C=O) groups excluding carboxylic acids is 2. The molecule has 1 fully saturated rings. The van der Waals surface area contributed by atoms with Crippen LogP contribution in [0, 0.1) is 5.92 Å². The van der Waals surface area contributed by atoms with Gasteiger partial charge in [-0.05, 0) is 24.4 Å². The van der Waals surface area contributed by atoms with Crippen molar-refractivity contribution in [2.45, 2.75) is 31.1 Å². The molecule has 74 valence electrons. The molecule has 0 spiro atoms. The second-order valence-corrected chi connectivity index (χ2v) is 3.67. The van der Waals surface area contributed by atoms with Gasteiger partial charge in [0.25, 0.3) is 0 Å². The highest BCUT2D eigenvalue weighted by molar-refractivity contribution is 6.33. The minimum Gasteiger partial charge on any atom is -0.299 e. The molecular weight excluding hydrogens is 202 g/mol. The Labute approximate surface area is 79.2 Å². The van der Waals surface area contributed by atoms with E-state index in [4.69, 9.17) is 0 Å². The van der Waals surface area contributed by atoms with E-state index in [-0.39, 0.29) is 5.92 Å². The summed E-state index contributed by atoms with van der Waals surface area (Å²) in [6.07, 6.45) is 1.61. The van der Waals surface area contributed by atoms with E-state index in [1.165, 1.54) is 0 Å².